The molecule has 1 heterocycles. The van der Waals surface area contributed by atoms with Crippen LogP contribution in [-0.4, -0.2) is 9.97 Å². The molecule has 132 valence electrons. The first-order chi connectivity index (χ1) is 11.6. The lowest BCUT2D eigenvalue weighted by molar-refractivity contribution is -0.144. The molecule has 0 saturated carbocycles. The van der Waals surface area contributed by atoms with E-state index in [9.17, 15) is 13.2 Å². The van der Waals surface area contributed by atoms with Crippen molar-refractivity contribution in [2.24, 2.45) is 0 Å². The first kappa shape index (κ1) is 18.7. The Hall–Kier alpha value is -1.05. The Balaban J connectivity index is 2.22. The van der Waals surface area contributed by atoms with E-state index in [-0.39, 0.29) is 47.6 Å². The zero-order chi connectivity index (χ0) is 18.5. The molecule has 3 nitrogen and oxygen atoms in total. The normalized spacial score (nSPS) is 12.0. The summed E-state index contributed by atoms with van der Waals surface area (Å²) < 4.78 is 44.3. The molecule has 0 aliphatic carbocycles. The van der Waals surface area contributed by atoms with Crippen molar-refractivity contribution in [1.82, 2.24) is 9.97 Å². The summed E-state index contributed by atoms with van der Waals surface area (Å²) in [6.07, 6.45) is -4.69. The molecular formula is C14H4Cl5F3N2O. The van der Waals surface area contributed by atoms with Gasteiger partial charge in [0.2, 0.25) is 5.82 Å². The highest BCUT2D eigenvalue weighted by Crippen LogP contribution is 2.45. The molecule has 1 N–H and O–H groups in total. The average molecular weight is 450 g/mol. The van der Waals surface area contributed by atoms with Crippen LogP contribution in [0.4, 0.5) is 13.2 Å². The standard InChI is InChI=1S/C14H4Cl5F3N2O/c15-4-1-5(16)9(18)8(2-4)25-12-10(19)6(17)3-7-11(12)24-13(23-7)14(20,21)22/h1-3H,(H,23,24). The maximum Gasteiger partial charge on any atom is 0.449 e. The molecule has 0 radical (unpaired) electrons. The van der Waals surface area contributed by atoms with Crippen LogP contribution in [-0.2, 0) is 6.18 Å². The van der Waals surface area contributed by atoms with E-state index in [0.29, 0.717) is 0 Å². The predicted molar refractivity (Wildman–Crippen MR) is 92.7 cm³/mol. The Morgan fingerprint density at radius 2 is 1.56 bits per heavy atom. The van der Waals surface area contributed by atoms with Crippen molar-refractivity contribution in [2.75, 3.05) is 0 Å². The molecule has 0 amide bonds. The van der Waals surface area contributed by atoms with Crippen molar-refractivity contribution >= 4 is 69.0 Å². The molecule has 1 aromatic heterocycles. The number of halogens is 8. The van der Waals surface area contributed by atoms with Gasteiger partial charge in [-0.3, -0.25) is 0 Å². The zero-order valence-corrected chi connectivity index (χ0v) is 15.4. The van der Waals surface area contributed by atoms with Gasteiger partial charge in [0.1, 0.15) is 21.3 Å². The van der Waals surface area contributed by atoms with Gasteiger partial charge in [-0.15, -0.1) is 0 Å². The molecule has 0 fully saturated rings. The van der Waals surface area contributed by atoms with Gasteiger partial charge in [0.15, 0.2) is 5.75 Å². The molecule has 0 bridgehead atoms. The predicted octanol–water partition coefficient (Wildman–Crippen LogP) is 7.64. The highest BCUT2D eigenvalue weighted by molar-refractivity contribution is 6.45. The Morgan fingerprint density at radius 1 is 0.920 bits per heavy atom. The van der Waals surface area contributed by atoms with Crippen LogP contribution < -0.4 is 4.74 Å². The van der Waals surface area contributed by atoms with E-state index < -0.39 is 12.0 Å². The third-order valence-electron chi connectivity index (χ3n) is 3.07. The van der Waals surface area contributed by atoms with Gasteiger partial charge >= 0.3 is 6.18 Å². The molecule has 11 heteroatoms. The third-order valence-corrected chi connectivity index (χ3v) is 4.84. The Labute approximate surface area is 163 Å². The first-order valence-electron chi connectivity index (χ1n) is 6.35. The molecule has 3 rings (SSSR count). The summed E-state index contributed by atoms with van der Waals surface area (Å²) in [7, 11) is 0. The number of hydrogen-bond acceptors (Lipinski definition) is 2. The van der Waals surface area contributed by atoms with E-state index in [1.807, 2.05) is 0 Å². The van der Waals surface area contributed by atoms with Crippen LogP contribution in [0.25, 0.3) is 11.0 Å². The number of nitrogens with one attached hydrogen (secondary N) is 1. The molecule has 25 heavy (non-hydrogen) atoms. The van der Waals surface area contributed by atoms with Crippen molar-refractivity contribution in [1.29, 1.82) is 0 Å². The second-order valence-electron chi connectivity index (χ2n) is 4.78. The molecule has 0 aliphatic rings. The maximum atomic E-state index is 12.9. The summed E-state index contributed by atoms with van der Waals surface area (Å²) in [5.41, 5.74) is -0.185. The Kier molecular flexibility index (Phi) is 4.94. The van der Waals surface area contributed by atoms with Gasteiger partial charge in [-0.1, -0.05) is 58.0 Å². The fraction of sp³-hybridized carbons (Fsp3) is 0.0714. The highest BCUT2D eigenvalue weighted by atomic mass is 35.5. The summed E-state index contributed by atoms with van der Waals surface area (Å²) in [5.74, 6) is -1.45. The van der Waals surface area contributed by atoms with Crippen molar-refractivity contribution < 1.29 is 17.9 Å². The number of aromatic nitrogens is 2. The molecular weight excluding hydrogens is 446 g/mol. The van der Waals surface area contributed by atoms with Crippen LogP contribution in [0.15, 0.2) is 18.2 Å². The lowest BCUT2D eigenvalue weighted by Crippen LogP contribution is -2.06. The number of hydrogen-bond donors (Lipinski definition) is 1. The maximum absolute atomic E-state index is 12.9. The van der Waals surface area contributed by atoms with Crippen LogP contribution >= 0.6 is 58.0 Å². The molecule has 2 aromatic carbocycles. The second-order valence-corrected chi connectivity index (χ2v) is 6.79. The van der Waals surface area contributed by atoms with Gasteiger partial charge in [0.25, 0.3) is 0 Å². The van der Waals surface area contributed by atoms with Gasteiger partial charge < -0.3 is 9.72 Å². The summed E-state index contributed by atoms with van der Waals surface area (Å²) in [6, 6.07) is 3.92. The van der Waals surface area contributed by atoms with E-state index in [0.717, 1.165) is 0 Å². The van der Waals surface area contributed by atoms with E-state index in [1.54, 1.807) is 0 Å². The van der Waals surface area contributed by atoms with Gasteiger partial charge in [0.05, 0.1) is 15.6 Å². The molecule has 3 aromatic rings. The Morgan fingerprint density at radius 3 is 2.20 bits per heavy atom. The fourth-order valence-corrected chi connectivity index (χ4v) is 3.01. The Bertz CT molecular complexity index is 987. The van der Waals surface area contributed by atoms with E-state index in [4.69, 9.17) is 62.7 Å². The van der Waals surface area contributed by atoms with Crippen LogP contribution in [0.2, 0.25) is 25.1 Å². The highest BCUT2D eigenvalue weighted by Gasteiger charge is 2.35. The number of aromatic amines is 1. The summed E-state index contributed by atoms with van der Waals surface area (Å²) in [6.45, 7) is 0. The number of alkyl halides is 3. The van der Waals surface area contributed by atoms with Gasteiger partial charge in [-0.25, -0.2) is 4.98 Å². The van der Waals surface area contributed by atoms with Crippen LogP contribution in [0, 0.1) is 0 Å². The van der Waals surface area contributed by atoms with Crippen molar-refractivity contribution in [3.63, 3.8) is 0 Å². The zero-order valence-electron chi connectivity index (χ0n) is 11.6. The number of rotatable bonds is 2. The smallest absolute Gasteiger partial charge is 0.449 e. The van der Waals surface area contributed by atoms with Crippen LogP contribution in [0.3, 0.4) is 0 Å². The van der Waals surface area contributed by atoms with E-state index in [1.165, 1.54) is 18.2 Å². The number of fused-ring (bicyclic) bond motifs is 1. The van der Waals surface area contributed by atoms with Gasteiger partial charge in [-0.2, -0.15) is 13.2 Å². The van der Waals surface area contributed by atoms with Crippen LogP contribution in [0.5, 0.6) is 11.5 Å². The number of H-pyrrole nitrogens is 1. The largest absolute Gasteiger partial charge is 0.452 e. The molecule has 0 aliphatic heterocycles. The summed E-state index contributed by atoms with van der Waals surface area (Å²) in [5, 5.41) is 0.127. The molecule has 0 saturated heterocycles. The first-order valence-corrected chi connectivity index (χ1v) is 8.24. The fourth-order valence-electron chi connectivity index (χ4n) is 2.01. The number of imidazole rings is 1. The third kappa shape index (κ3) is 3.59. The monoisotopic (exact) mass is 448 g/mol. The minimum Gasteiger partial charge on any atom is -0.452 e. The molecule has 0 spiro atoms. The number of nitrogens with zero attached hydrogens (tertiary/aromatic N) is 1. The van der Waals surface area contributed by atoms with Crippen molar-refractivity contribution in [3.8, 4) is 11.5 Å². The van der Waals surface area contributed by atoms with E-state index in [2.05, 4.69) is 9.97 Å². The molecule has 0 atom stereocenters. The summed E-state index contributed by atoms with van der Waals surface area (Å²) >= 11 is 29.9. The quantitative estimate of drug-likeness (QED) is 0.408. The molecule has 0 unspecified atom stereocenters. The lowest BCUT2D eigenvalue weighted by atomic mass is 10.3. The summed E-state index contributed by atoms with van der Waals surface area (Å²) in [4.78, 5) is 5.62. The lowest BCUT2D eigenvalue weighted by Gasteiger charge is -2.12. The van der Waals surface area contributed by atoms with Gasteiger partial charge in [0, 0.05) is 11.1 Å². The van der Waals surface area contributed by atoms with Crippen molar-refractivity contribution in [2.45, 2.75) is 6.18 Å². The minimum absolute atomic E-state index is 0.00170. The average Bonchev–Trinajstić information content (AvgIpc) is 2.92. The number of benzene rings is 2. The SMILES string of the molecule is FC(F)(F)c1nc2c(Oc3cc(Cl)cc(Cl)c3Cl)c(Cl)c(Cl)cc2[nH]1. The van der Waals surface area contributed by atoms with Gasteiger partial charge in [-0.05, 0) is 12.1 Å². The number of ether oxygens (including phenoxy) is 1. The minimum atomic E-state index is -4.69. The van der Waals surface area contributed by atoms with Crippen molar-refractivity contribution in [3.05, 3.63) is 49.1 Å². The van der Waals surface area contributed by atoms with Crippen LogP contribution in [0.1, 0.15) is 5.82 Å². The second kappa shape index (κ2) is 6.59. The van der Waals surface area contributed by atoms with E-state index >= 15 is 0 Å². The topological polar surface area (TPSA) is 37.9 Å².